The van der Waals surface area contributed by atoms with Gasteiger partial charge in [0.05, 0.1) is 12.8 Å². The van der Waals surface area contributed by atoms with Gasteiger partial charge in [-0.3, -0.25) is 9.48 Å². The van der Waals surface area contributed by atoms with Crippen LogP contribution in [-0.4, -0.2) is 38.7 Å². The van der Waals surface area contributed by atoms with E-state index in [1.807, 2.05) is 0 Å². The summed E-state index contributed by atoms with van der Waals surface area (Å²) in [5.74, 6) is 0.659. The maximum absolute atomic E-state index is 12.5. The van der Waals surface area contributed by atoms with Gasteiger partial charge in [0.1, 0.15) is 0 Å². The van der Waals surface area contributed by atoms with E-state index in [2.05, 4.69) is 43.3 Å². The second-order valence-electron chi connectivity index (χ2n) is 7.62. The van der Waals surface area contributed by atoms with Crippen LogP contribution >= 0.6 is 0 Å². The van der Waals surface area contributed by atoms with Crippen LogP contribution < -0.4 is 5.32 Å². The van der Waals surface area contributed by atoms with Crippen molar-refractivity contribution in [1.29, 1.82) is 0 Å². The Morgan fingerprint density at radius 3 is 2.57 bits per heavy atom. The van der Waals surface area contributed by atoms with Crippen LogP contribution in [0.5, 0.6) is 0 Å². The number of aromatic nitrogens is 3. The Morgan fingerprint density at radius 2 is 2.09 bits per heavy atom. The zero-order valence-electron chi connectivity index (χ0n) is 14.7. The average Bonchev–Trinajstić information content (AvgIpc) is 2.92. The minimum Gasteiger partial charge on any atom is -0.396 e. The van der Waals surface area contributed by atoms with Gasteiger partial charge in [0.2, 0.25) is 0 Å². The highest BCUT2D eigenvalue weighted by molar-refractivity contribution is 5.92. The molecule has 1 atom stereocenters. The highest BCUT2D eigenvalue weighted by atomic mass is 16.3. The van der Waals surface area contributed by atoms with Crippen LogP contribution in [0.1, 0.15) is 63.9 Å². The lowest BCUT2D eigenvalue weighted by atomic mass is 9.62. The molecule has 0 saturated heterocycles. The predicted octanol–water partition coefficient (Wildman–Crippen LogP) is 2.24. The first kappa shape index (κ1) is 17.9. The Bertz CT molecular complexity index is 515. The van der Waals surface area contributed by atoms with Crippen molar-refractivity contribution >= 4 is 5.91 Å². The number of aliphatic hydroxyl groups excluding tert-OH is 1. The molecule has 1 fully saturated rings. The third kappa shape index (κ3) is 4.10. The number of hydrogen-bond donors (Lipinski definition) is 2. The zero-order chi connectivity index (χ0) is 17.0. The fourth-order valence-corrected chi connectivity index (χ4v) is 3.34. The predicted molar refractivity (Wildman–Crippen MR) is 88.9 cm³/mol. The van der Waals surface area contributed by atoms with Crippen molar-refractivity contribution in [2.24, 2.45) is 17.3 Å². The minimum absolute atomic E-state index is 0.0328. The Morgan fingerprint density at radius 1 is 1.39 bits per heavy atom. The van der Waals surface area contributed by atoms with Gasteiger partial charge in [0.25, 0.3) is 5.91 Å². The number of nitrogens with zero attached hydrogens (tertiary/aromatic N) is 3. The van der Waals surface area contributed by atoms with Crippen LogP contribution in [-0.2, 0) is 6.54 Å². The van der Waals surface area contributed by atoms with Crippen molar-refractivity contribution in [3.05, 3.63) is 11.9 Å². The molecule has 2 N–H and O–H groups in total. The molecule has 0 radical (unpaired) electrons. The van der Waals surface area contributed by atoms with Crippen molar-refractivity contribution < 1.29 is 9.90 Å². The van der Waals surface area contributed by atoms with Crippen molar-refractivity contribution in [3.63, 3.8) is 0 Å². The molecule has 130 valence electrons. The molecule has 1 aromatic rings. The molecule has 1 aliphatic rings. The van der Waals surface area contributed by atoms with Gasteiger partial charge in [-0.25, -0.2) is 0 Å². The summed E-state index contributed by atoms with van der Waals surface area (Å²) >= 11 is 0. The molecule has 6 heteroatoms. The molecule has 23 heavy (non-hydrogen) atoms. The molecule has 1 aliphatic carbocycles. The quantitative estimate of drug-likeness (QED) is 0.769. The summed E-state index contributed by atoms with van der Waals surface area (Å²) in [5.41, 5.74) is 0.184. The van der Waals surface area contributed by atoms with Gasteiger partial charge in [-0.15, -0.1) is 5.10 Å². The average molecular weight is 322 g/mol. The summed E-state index contributed by atoms with van der Waals surface area (Å²) in [7, 11) is 0. The van der Waals surface area contributed by atoms with Crippen molar-refractivity contribution in [2.45, 2.75) is 66.0 Å². The number of rotatable bonds is 8. The maximum Gasteiger partial charge on any atom is 0.273 e. The van der Waals surface area contributed by atoms with Crippen LogP contribution in [0.3, 0.4) is 0 Å². The number of nitrogens with one attached hydrogen (secondary N) is 1. The van der Waals surface area contributed by atoms with Crippen LogP contribution in [0, 0.1) is 17.3 Å². The molecule has 1 aromatic heterocycles. The number of aryl methyl sites for hydroxylation is 1. The number of amides is 1. The van der Waals surface area contributed by atoms with E-state index < -0.39 is 0 Å². The molecule has 0 spiro atoms. The minimum atomic E-state index is -0.195. The fourth-order valence-electron chi connectivity index (χ4n) is 3.34. The van der Waals surface area contributed by atoms with E-state index in [4.69, 9.17) is 0 Å². The van der Waals surface area contributed by atoms with Gasteiger partial charge in [-0.1, -0.05) is 39.3 Å². The molecule has 1 amide bonds. The molecule has 0 bridgehead atoms. The first-order chi connectivity index (χ1) is 10.9. The summed E-state index contributed by atoms with van der Waals surface area (Å²) < 4.78 is 1.73. The second kappa shape index (κ2) is 7.43. The molecular weight excluding hydrogens is 292 g/mol. The highest BCUT2D eigenvalue weighted by Crippen LogP contribution is 2.45. The Balaban J connectivity index is 2.02. The maximum atomic E-state index is 12.5. The molecule has 0 aliphatic heterocycles. The zero-order valence-corrected chi connectivity index (χ0v) is 14.7. The van der Waals surface area contributed by atoms with Gasteiger partial charge in [0.15, 0.2) is 5.69 Å². The Kier molecular flexibility index (Phi) is 5.79. The van der Waals surface area contributed by atoms with Crippen molar-refractivity contribution in [1.82, 2.24) is 20.3 Å². The number of carbonyl (C=O) groups is 1. The lowest BCUT2D eigenvalue weighted by Crippen LogP contribution is -2.56. The Labute approximate surface area is 138 Å². The second-order valence-corrected chi connectivity index (χ2v) is 7.62. The van der Waals surface area contributed by atoms with E-state index in [9.17, 15) is 9.90 Å². The molecule has 2 rings (SSSR count). The third-order valence-electron chi connectivity index (χ3n) is 4.98. The summed E-state index contributed by atoms with van der Waals surface area (Å²) in [6, 6.07) is -0.0328. The van der Waals surface area contributed by atoms with Crippen LogP contribution in [0.25, 0.3) is 0 Å². The first-order valence-electron chi connectivity index (χ1n) is 8.70. The molecule has 0 aromatic carbocycles. The molecule has 1 unspecified atom stereocenters. The number of aliphatic hydroxyl groups is 1. The van der Waals surface area contributed by atoms with Gasteiger partial charge in [0, 0.05) is 18.0 Å². The normalized spacial score (nSPS) is 18.0. The van der Waals surface area contributed by atoms with Crippen molar-refractivity contribution in [3.8, 4) is 0 Å². The summed E-state index contributed by atoms with van der Waals surface area (Å²) in [6.07, 6.45) is 5.76. The van der Waals surface area contributed by atoms with Gasteiger partial charge >= 0.3 is 0 Å². The van der Waals surface area contributed by atoms with E-state index in [-0.39, 0.29) is 29.9 Å². The monoisotopic (exact) mass is 322 g/mol. The standard InChI is InChI=1S/C17H30N4O2/c1-12(2)6-9-21-10-14(19-20-21)16(23)18-15(13(3)4)17(11-22)7-5-8-17/h10,12-13,15,22H,5-9,11H2,1-4H3,(H,18,23). The molecule has 1 saturated carbocycles. The lowest BCUT2D eigenvalue weighted by molar-refractivity contribution is -0.00784. The fraction of sp³-hybridized carbons (Fsp3) is 0.824. The first-order valence-corrected chi connectivity index (χ1v) is 8.70. The van der Waals surface area contributed by atoms with E-state index in [0.717, 1.165) is 32.2 Å². The Hall–Kier alpha value is -1.43. The van der Waals surface area contributed by atoms with E-state index in [0.29, 0.717) is 11.6 Å². The van der Waals surface area contributed by atoms with Crippen LogP contribution in [0.4, 0.5) is 0 Å². The summed E-state index contributed by atoms with van der Waals surface area (Å²) in [5, 5.41) is 20.9. The van der Waals surface area contributed by atoms with Crippen LogP contribution in [0.15, 0.2) is 6.20 Å². The lowest BCUT2D eigenvalue weighted by Gasteiger charge is -2.48. The molecular formula is C17H30N4O2. The van der Waals surface area contributed by atoms with E-state index >= 15 is 0 Å². The SMILES string of the molecule is CC(C)CCn1cc(C(=O)NC(C(C)C)C2(CO)CCC2)nn1. The van der Waals surface area contributed by atoms with Crippen LogP contribution in [0.2, 0.25) is 0 Å². The van der Waals surface area contributed by atoms with Gasteiger partial charge in [-0.05, 0) is 31.1 Å². The van der Waals surface area contributed by atoms with Gasteiger partial charge < -0.3 is 10.4 Å². The van der Waals surface area contributed by atoms with E-state index in [1.165, 1.54) is 0 Å². The summed E-state index contributed by atoms with van der Waals surface area (Å²) in [4.78, 5) is 12.5. The van der Waals surface area contributed by atoms with E-state index in [1.54, 1.807) is 10.9 Å². The number of carbonyl (C=O) groups excluding carboxylic acids is 1. The molecule has 6 nitrogen and oxygen atoms in total. The third-order valence-corrected chi connectivity index (χ3v) is 4.98. The molecule has 1 heterocycles. The highest BCUT2D eigenvalue weighted by Gasteiger charge is 2.45. The topological polar surface area (TPSA) is 80.0 Å². The summed E-state index contributed by atoms with van der Waals surface area (Å²) in [6.45, 7) is 9.37. The van der Waals surface area contributed by atoms with Gasteiger partial charge in [-0.2, -0.15) is 0 Å². The van der Waals surface area contributed by atoms with Crippen molar-refractivity contribution in [2.75, 3.05) is 6.61 Å². The smallest absolute Gasteiger partial charge is 0.273 e. The largest absolute Gasteiger partial charge is 0.396 e. The number of hydrogen-bond acceptors (Lipinski definition) is 4.